The second-order valence-corrected chi connectivity index (χ2v) is 8.50. The van der Waals surface area contributed by atoms with Crippen LogP contribution in [0.1, 0.15) is 48.7 Å². The number of aromatic amines is 1. The molecule has 1 aliphatic carbocycles. The van der Waals surface area contributed by atoms with E-state index in [1.54, 1.807) is 17.0 Å². The number of hydrogen-bond acceptors (Lipinski definition) is 3. The Balaban J connectivity index is 1.44. The van der Waals surface area contributed by atoms with Crippen LogP contribution in [0.4, 0.5) is 4.39 Å². The summed E-state index contributed by atoms with van der Waals surface area (Å²) in [5.41, 5.74) is 1.96. The zero-order valence-electron chi connectivity index (χ0n) is 17.3. The molecule has 1 saturated carbocycles. The molecule has 1 aromatic heterocycles. The zero-order valence-corrected chi connectivity index (χ0v) is 17.3. The van der Waals surface area contributed by atoms with Crippen LogP contribution < -0.4 is 5.32 Å². The summed E-state index contributed by atoms with van der Waals surface area (Å²) >= 11 is 0. The number of benzene rings is 1. The first kappa shape index (κ1) is 19.9. The minimum absolute atomic E-state index is 0.0561. The fourth-order valence-corrected chi connectivity index (χ4v) is 4.84. The summed E-state index contributed by atoms with van der Waals surface area (Å²) in [6.07, 6.45) is 3.82. The maximum atomic E-state index is 14.1. The second kappa shape index (κ2) is 7.78. The number of piperazine rings is 1. The predicted octanol–water partition coefficient (Wildman–Crippen LogP) is 2.82. The third kappa shape index (κ3) is 3.75. The van der Waals surface area contributed by atoms with Crippen molar-refractivity contribution in [1.82, 2.24) is 20.1 Å². The SMILES string of the molecule is Cc1ccc(F)c2cc(C(=O)N[C@@H]3CCC[C@H](N4CCN(C)C(=O)C4C)C3)[nH]c12. The van der Waals surface area contributed by atoms with E-state index in [1.165, 1.54) is 6.07 Å². The minimum atomic E-state index is -0.327. The number of H-pyrrole nitrogens is 1. The molecule has 0 radical (unpaired) electrons. The van der Waals surface area contributed by atoms with Crippen LogP contribution in [0.3, 0.4) is 0 Å². The van der Waals surface area contributed by atoms with E-state index in [9.17, 15) is 14.0 Å². The van der Waals surface area contributed by atoms with E-state index >= 15 is 0 Å². The Morgan fingerprint density at radius 3 is 2.83 bits per heavy atom. The third-order valence-corrected chi connectivity index (χ3v) is 6.57. The zero-order chi connectivity index (χ0) is 20.7. The van der Waals surface area contributed by atoms with Crippen molar-refractivity contribution in [3.8, 4) is 0 Å². The molecule has 2 fully saturated rings. The summed E-state index contributed by atoms with van der Waals surface area (Å²) in [7, 11) is 1.85. The third-order valence-electron chi connectivity index (χ3n) is 6.57. The van der Waals surface area contributed by atoms with Crippen LogP contribution in [0.15, 0.2) is 18.2 Å². The van der Waals surface area contributed by atoms with Crippen molar-refractivity contribution in [3.05, 3.63) is 35.3 Å². The number of amides is 2. The molecule has 1 aliphatic heterocycles. The Morgan fingerprint density at radius 1 is 1.28 bits per heavy atom. The number of aryl methyl sites for hydroxylation is 1. The maximum Gasteiger partial charge on any atom is 0.267 e. The standard InChI is InChI=1S/C22H29FN4O2/c1-13-7-8-18(23)17-12-19(25-20(13)17)21(28)24-15-5-4-6-16(11-15)27-10-9-26(3)22(29)14(27)2/h7-8,12,14-16,25H,4-6,9-11H2,1-3H3,(H,24,28)/t14?,15-,16+/m1/s1. The number of nitrogens with one attached hydrogen (secondary N) is 2. The molecule has 1 unspecified atom stereocenters. The lowest BCUT2D eigenvalue weighted by Crippen LogP contribution is -2.59. The molecule has 0 bridgehead atoms. The van der Waals surface area contributed by atoms with Gasteiger partial charge in [-0.05, 0) is 57.2 Å². The number of likely N-dealkylation sites (N-methyl/N-ethyl adjacent to an activating group) is 1. The molecule has 156 valence electrons. The molecule has 2 heterocycles. The molecule has 2 aromatic rings. The van der Waals surface area contributed by atoms with Gasteiger partial charge in [-0.15, -0.1) is 0 Å². The molecule has 4 rings (SSSR count). The van der Waals surface area contributed by atoms with Gasteiger partial charge in [0.15, 0.2) is 0 Å². The monoisotopic (exact) mass is 400 g/mol. The van der Waals surface area contributed by atoms with Gasteiger partial charge in [0, 0.05) is 37.6 Å². The Kier molecular flexibility index (Phi) is 5.34. The van der Waals surface area contributed by atoms with E-state index in [1.807, 2.05) is 20.9 Å². The highest BCUT2D eigenvalue weighted by atomic mass is 19.1. The van der Waals surface area contributed by atoms with Gasteiger partial charge in [-0.2, -0.15) is 0 Å². The lowest BCUT2D eigenvalue weighted by atomic mass is 9.88. The number of nitrogens with zero attached hydrogens (tertiary/aromatic N) is 2. The summed E-state index contributed by atoms with van der Waals surface area (Å²) in [5, 5.41) is 3.57. The highest BCUT2D eigenvalue weighted by molar-refractivity contribution is 5.99. The number of aromatic nitrogens is 1. The van der Waals surface area contributed by atoms with E-state index in [-0.39, 0.29) is 29.7 Å². The second-order valence-electron chi connectivity index (χ2n) is 8.50. The van der Waals surface area contributed by atoms with Gasteiger partial charge in [-0.1, -0.05) is 6.07 Å². The van der Waals surface area contributed by atoms with Gasteiger partial charge >= 0.3 is 0 Å². The number of carbonyl (C=O) groups is 2. The van der Waals surface area contributed by atoms with Crippen molar-refractivity contribution in [2.75, 3.05) is 20.1 Å². The first-order chi connectivity index (χ1) is 13.8. The fourth-order valence-electron chi connectivity index (χ4n) is 4.84. The van der Waals surface area contributed by atoms with Gasteiger partial charge in [0.25, 0.3) is 5.91 Å². The average molecular weight is 400 g/mol. The summed E-state index contributed by atoms with van der Waals surface area (Å²) in [6.45, 7) is 5.48. The summed E-state index contributed by atoms with van der Waals surface area (Å²) in [4.78, 5) is 32.3. The van der Waals surface area contributed by atoms with Gasteiger partial charge in [0.1, 0.15) is 11.5 Å². The van der Waals surface area contributed by atoms with E-state index in [0.717, 1.165) is 44.3 Å². The summed E-state index contributed by atoms with van der Waals surface area (Å²) < 4.78 is 14.1. The Bertz CT molecular complexity index is 901. The molecule has 2 N–H and O–H groups in total. The van der Waals surface area contributed by atoms with Crippen molar-refractivity contribution in [3.63, 3.8) is 0 Å². The van der Waals surface area contributed by atoms with Crippen LogP contribution in [-0.4, -0.2) is 64.9 Å². The van der Waals surface area contributed by atoms with Crippen molar-refractivity contribution >= 4 is 22.7 Å². The summed E-state index contributed by atoms with van der Waals surface area (Å²) in [5.74, 6) is -0.363. The highest BCUT2D eigenvalue weighted by Gasteiger charge is 2.36. The molecular formula is C22H29FN4O2. The van der Waals surface area contributed by atoms with Gasteiger partial charge in [0.05, 0.1) is 11.6 Å². The van der Waals surface area contributed by atoms with Crippen molar-refractivity contribution in [2.45, 2.75) is 57.7 Å². The molecule has 0 spiro atoms. The Labute approximate surface area is 170 Å². The lowest BCUT2D eigenvalue weighted by Gasteiger charge is -2.44. The molecule has 2 aliphatic rings. The molecule has 7 heteroatoms. The molecule has 2 amide bonds. The number of halogens is 1. The molecule has 1 aromatic carbocycles. The van der Waals surface area contributed by atoms with Gasteiger partial charge in [0.2, 0.25) is 5.91 Å². The molecule has 3 atom stereocenters. The number of fused-ring (bicyclic) bond motifs is 1. The minimum Gasteiger partial charge on any atom is -0.350 e. The van der Waals surface area contributed by atoms with E-state index < -0.39 is 0 Å². The molecule has 29 heavy (non-hydrogen) atoms. The largest absolute Gasteiger partial charge is 0.350 e. The molecular weight excluding hydrogens is 371 g/mol. The smallest absolute Gasteiger partial charge is 0.267 e. The topological polar surface area (TPSA) is 68.4 Å². The molecule has 6 nitrogen and oxygen atoms in total. The quantitative estimate of drug-likeness (QED) is 0.833. The Hall–Kier alpha value is -2.41. The van der Waals surface area contributed by atoms with E-state index in [4.69, 9.17) is 0 Å². The fraction of sp³-hybridized carbons (Fsp3) is 0.545. The predicted molar refractivity (Wildman–Crippen MR) is 110 cm³/mol. The van der Waals surface area contributed by atoms with E-state index in [0.29, 0.717) is 22.6 Å². The van der Waals surface area contributed by atoms with Gasteiger partial charge in [-0.25, -0.2) is 4.39 Å². The lowest BCUT2D eigenvalue weighted by molar-refractivity contribution is -0.141. The normalized spacial score (nSPS) is 26.1. The van der Waals surface area contributed by atoms with Gasteiger partial charge in [-0.3, -0.25) is 14.5 Å². The maximum absolute atomic E-state index is 14.1. The van der Waals surface area contributed by atoms with Crippen LogP contribution in [-0.2, 0) is 4.79 Å². The average Bonchev–Trinajstić information content (AvgIpc) is 3.16. The molecule has 1 saturated heterocycles. The highest BCUT2D eigenvalue weighted by Crippen LogP contribution is 2.27. The number of rotatable bonds is 3. The number of hydrogen-bond donors (Lipinski definition) is 2. The van der Waals surface area contributed by atoms with Crippen molar-refractivity contribution in [2.24, 2.45) is 0 Å². The van der Waals surface area contributed by atoms with Crippen LogP contribution in [0.25, 0.3) is 10.9 Å². The first-order valence-corrected chi connectivity index (χ1v) is 10.4. The van der Waals surface area contributed by atoms with Crippen LogP contribution >= 0.6 is 0 Å². The van der Waals surface area contributed by atoms with Gasteiger partial charge < -0.3 is 15.2 Å². The van der Waals surface area contributed by atoms with Crippen molar-refractivity contribution in [1.29, 1.82) is 0 Å². The Morgan fingerprint density at radius 2 is 2.07 bits per heavy atom. The van der Waals surface area contributed by atoms with E-state index in [2.05, 4.69) is 15.2 Å². The number of carbonyl (C=O) groups excluding carboxylic acids is 2. The van der Waals surface area contributed by atoms with Crippen LogP contribution in [0.2, 0.25) is 0 Å². The first-order valence-electron chi connectivity index (χ1n) is 10.4. The van der Waals surface area contributed by atoms with Crippen molar-refractivity contribution < 1.29 is 14.0 Å². The van der Waals surface area contributed by atoms with Crippen LogP contribution in [0, 0.1) is 12.7 Å². The van der Waals surface area contributed by atoms with Crippen LogP contribution in [0.5, 0.6) is 0 Å². The summed E-state index contributed by atoms with van der Waals surface area (Å²) in [6, 6.07) is 4.96.